The third kappa shape index (κ3) is 3.67. The number of aromatic hydroxyl groups is 1. The number of carbonyl (C=O) groups excluding carboxylic acids is 2. The second-order valence-corrected chi connectivity index (χ2v) is 6.14. The van der Waals surface area contributed by atoms with Crippen LogP contribution < -0.4 is 0 Å². The molecule has 5 heteroatoms. The van der Waals surface area contributed by atoms with Gasteiger partial charge in [0.2, 0.25) is 0 Å². The molecule has 1 aliphatic heterocycles. The Hall–Kier alpha value is -2.56. The van der Waals surface area contributed by atoms with E-state index in [0.717, 1.165) is 0 Å². The van der Waals surface area contributed by atoms with Gasteiger partial charge in [0, 0.05) is 12.2 Å². The number of ether oxygens (including phenoxy) is 1. The van der Waals surface area contributed by atoms with Crippen LogP contribution in [0.2, 0.25) is 0 Å². The van der Waals surface area contributed by atoms with E-state index in [2.05, 4.69) is 0 Å². The molecular weight excluding hydrogens is 306 g/mol. The third-order valence-electron chi connectivity index (χ3n) is 3.72. The van der Waals surface area contributed by atoms with Gasteiger partial charge in [0.05, 0.1) is 17.8 Å². The summed E-state index contributed by atoms with van der Waals surface area (Å²) in [5.41, 5.74) is 1.86. The molecule has 0 spiro atoms. The number of benzene rings is 1. The average Bonchev–Trinajstić information content (AvgIpc) is 2.72. The molecule has 128 valence electrons. The van der Waals surface area contributed by atoms with Crippen LogP contribution in [-0.2, 0) is 14.3 Å². The van der Waals surface area contributed by atoms with Crippen molar-refractivity contribution in [3.63, 3.8) is 0 Å². The van der Waals surface area contributed by atoms with E-state index in [1.807, 2.05) is 13.8 Å². The first-order valence-corrected chi connectivity index (χ1v) is 8.06. The van der Waals surface area contributed by atoms with Gasteiger partial charge in [-0.2, -0.15) is 0 Å². The Morgan fingerprint density at radius 2 is 2.08 bits per heavy atom. The molecule has 1 aromatic carbocycles. The van der Waals surface area contributed by atoms with Crippen LogP contribution in [0.15, 0.2) is 41.1 Å². The van der Waals surface area contributed by atoms with Crippen molar-refractivity contribution in [1.29, 1.82) is 0 Å². The molecule has 0 saturated heterocycles. The number of allylic oxidation sites excluding steroid dienone is 1. The maximum Gasteiger partial charge on any atom is 0.340 e. The Labute approximate surface area is 142 Å². The predicted molar refractivity (Wildman–Crippen MR) is 92.0 cm³/mol. The molecule has 1 N–H and O–H groups in total. The first-order chi connectivity index (χ1) is 11.3. The van der Waals surface area contributed by atoms with Gasteiger partial charge in [-0.1, -0.05) is 26.0 Å². The average molecular weight is 329 g/mol. The summed E-state index contributed by atoms with van der Waals surface area (Å²) >= 11 is 0. The van der Waals surface area contributed by atoms with E-state index in [9.17, 15) is 14.7 Å². The van der Waals surface area contributed by atoms with E-state index < -0.39 is 5.97 Å². The summed E-state index contributed by atoms with van der Waals surface area (Å²) in [5.74, 6) is -0.340. The Kier molecular flexibility index (Phi) is 5.44. The molecule has 0 unspecified atom stereocenters. The molecule has 0 atom stereocenters. The SMILES string of the molecule is CCOC(=O)C1=C(C)N(CC(C)C)C(=O)/C1=C\c1cccc(O)c1. The van der Waals surface area contributed by atoms with Crippen LogP contribution in [0, 0.1) is 5.92 Å². The van der Waals surface area contributed by atoms with Crippen LogP contribution in [0.4, 0.5) is 0 Å². The minimum absolute atomic E-state index is 0.104. The van der Waals surface area contributed by atoms with Crippen molar-refractivity contribution in [1.82, 2.24) is 4.90 Å². The van der Waals surface area contributed by atoms with Crippen molar-refractivity contribution in [2.24, 2.45) is 5.92 Å². The van der Waals surface area contributed by atoms with E-state index in [1.54, 1.807) is 49.1 Å². The highest BCUT2D eigenvalue weighted by Gasteiger charge is 2.37. The standard InChI is InChI=1S/C19H23NO4/c1-5-24-19(23)17-13(4)20(11-12(2)3)18(22)16(17)10-14-7-6-8-15(21)9-14/h6-10,12,21H,5,11H2,1-4H3/b16-10-. The van der Waals surface area contributed by atoms with Gasteiger partial charge in [0.1, 0.15) is 5.75 Å². The maximum atomic E-state index is 12.8. The van der Waals surface area contributed by atoms with Crippen LogP contribution in [0.3, 0.4) is 0 Å². The molecule has 0 fully saturated rings. The zero-order valence-electron chi connectivity index (χ0n) is 14.5. The number of phenols is 1. The Morgan fingerprint density at radius 3 is 2.67 bits per heavy atom. The van der Waals surface area contributed by atoms with Crippen LogP contribution in [0.5, 0.6) is 5.75 Å². The van der Waals surface area contributed by atoms with Gasteiger partial charge in [-0.3, -0.25) is 4.79 Å². The van der Waals surface area contributed by atoms with Crippen molar-refractivity contribution in [2.75, 3.05) is 13.2 Å². The van der Waals surface area contributed by atoms with Gasteiger partial charge in [-0.25, -0.2) is 4.79 Å². The summed E-state index contributed by atoms with van der Waals surface area (Å²) in [4.78, 5) is 26.8. The molecule has 0 bridgehead atoms. The van der Waals surface area contributed by atoms with E-state index in [4.69, 9.17) is 4.74 Å². The van der Waals surface area contributed by atoms with Gasteiger partial charge in [0.15, 0.2) is 0 Å². The predicted octanol–water partition coefficient (Wildman–Crippen LogP) is 3.11. The number of phenolic OH excluding ortho intramolecular Hbond substituents is 1. The van der Waals surface area contributed by atoms with Crippen LogP contribution >= 0.6 is 0 Å². The molecule has 0 aliphatic carbocycles. The van der Waals surface area contributed by atoms with Gasteiger partial charge in [0.25, 0.3) is 5.91 Å². The van der Waals surface area contributed by atoms with E-state index in [1.165, 1.54) is 0 Å². The monoisotopic (exact) mass is 329 g/mol. The topological polar surface area (TPSA) is 66.8 Å². The third-order valence-corrected chi connectivity index (χ3v) is 3.72. The number of hydrogen-bond donors (Lipinski definition) is 1. The molecular formula is C19H23NO4. The summed E-state index contributed by atoms with van der Waals surface area (Å²) in [5, 5.41) is 9.61. The van der Waals surface area contributed by atoms with E-state index in [-0.39, 0.29) is 24.2 Å². The first-order valence-electron chi connectivity index (χ1n) is 8.06. The fourth-order valence-corrected chi connectivity index (χ4v) is 2.70. The van der Waals surface area contributed by atoms with Gasteiger partial charge < -0.3 is 14.7 Å². The number of hydrogen-bond acceptors (Lipinski definition) is 4. The molecule has 1 aromatic rings. The zero-order chi connectivity index (χ0) is 17.9. The largest absolute Gasteiger partial charge is 0.508 e. The molecule has 0 aromatic heterocycles. The van der Waals surface area contributed by atoms with Crippen LogP contribution in [0.1, 0.15) is 33.3 Å². The molecule has 0 radical (unpaired) electrons. The highest BCUT2D eigenvalue weighted by molar-refractivity contribution is 6.16. The van der Waals surface area contributed by atoms with Gasteiger partial charge in [-0.05, 0) is 43.5 Å². The highest BCUT2D eigenvalue weighted by atomic mass is 16.5. The van der Waals surface area contributed by atoms with Crippen molar-refractivity contribution in [3.05, 3.63) is 46.7 Å². The zero-order valence-corrected chi connectivity index (χ0v) is 14.5. The lowest BCUT2D eigenvalue weighted by atomic mass is 10.0. The van der Waals surface area contributed by atoms with Crippen molar-refractivity contribution < 1.29 is 19.4 Å². The molecule has 5 nitrogen and oxygen atoms in total. The molecule has 2 rings (SSSR count). The van der Waals surface area contributed by atoms with Crippen molar-refractivity contribution >= 4 is 18.0 Å². The van der Waals surface area contributed by atoms with Gasteiger partial charge in [-0.15, -0.1) is 0 Å². The normalized spacial score (nSPS) is 16.5. The fourth-order valence-electron chi connectivity index (χ4n) is 2.70. The Morgan fingerprint density at radius 1 is 1.38 bits per heavy atom. The minimum atomic E-state index is -0.499. The lowest BCUT2D eigenvalue weighted by molar-refractivity contribution is -0.138. The second-order valence-electron chi connectivity index (χ2n) is 6.14. The smallest absolute Gasteiger partial charge is 0.340 e. The molecule has 1 amide bonds. The number of carbonyl (C=O) groups is 2. The highest BCUT2D eigenvalue weighted by Crippen LogP contribution is 2.32. The van der Waals surface area contributed by atoms with Crippen LogP contribution in [-0.4, -0.2) is 35.0 Å². The summed E-state index contributed by atoms with van der Waals surface area (Å²) in [6.07, 6.45) is 1.62. The molecule has 1 aliphatic rings. The molecule has 24 heavy (non-hydrogen) atoms. The number of esters is 1. The summed E-state index contributed by atoms with van der Waals surface area (Å²) < 4.78 is 5.12. The lowest BCUT2D eigenvalue weighted by Crippen LogP contribution is -2.28. The van der Waals surface area contributed by atoms with Crippen molar-refractivity contribution in [2.45, 2.75) is 27.7 Å². The van der Waals surface area contributed by atoms with E-state index in [0.29, 0.717) is 29.0 Å². The Bertz CT molecular complexity index is 716. The summed E-state index contributed by atoms with van der Waals surface area (Å²) in [7, 11) is 0. The number of rotatable bonds is 5. The number of nitrogens with zero attached hydrogens (tertiary/aromatic N) is 1. The first kappa shape index (κ1) is 17.8. The molecule has 1 heterocycles. The summed E-state index contributed by atoms with van der Waals surface area (Å²) in [6, 6.07) is 6.55. The Balaban J connectivity index is 2.51. The van der Waals surface area contributed by atoms with Crippen molar-refractivity contribution in [3.8, 4) is 5.75 Å². The van der Waals surface area contributed by atoms with Crippen LogP contribution in [0.25, 0.3) is 6.08 Å². The summed E-state index contributed by atoms with van der Waals surface area (Å²) in [6.45, 7) is 8.30. The second kappa shape index (κ2) is 7.34. The lowest BCUT2D eigenvalue weighted by Gasteiger charge is -2.19. The fraction of sp³-hybridized carbons (Fsp3) is 0.368. The van der Waals surface area contributed by atoms with E-state index >= 15 is 0 Å². The van der Waals surface area contributed by atoms with Gasteiger partial charge >= 0.3 is 5.97 Å². The minimum Gasteiger partial charge on any atom is -0.508 e. The maximum absolute atomic E-state index is 12.8. The number of amides is 1. The molecule has 0 saturated carbocycles. The quantitative estimate of drug-likeness (QED) is 0.666.